The highest BCUT2D eigenvalue weighted by molar-refractivity contribution is 7.99. The highest BCUT2D eigenvalue weighted by Crippen LogP contribution is 2.27. The van der Waals surface area contributed by atoms with E-state index in [1.54, 1.807) is 20.3 Å². The largest absolute Gasteiger partial charge is 0.493 e. The van der Waals surface area contributed by atoms with E-state index in [0.29, 0.717) is 30.4 Å². The molecule has 0 aliphatic carbocycles. The van der Waals surface area contributed by atoms with Gasteiger partial charge in [0.25, 0.3) is 0 Å². The molecular formula is C18H25N3O4S. The lowest BCUT2D eigenvalue weighted by atomic mass is 10.2. The zero-order chi connectivity index (χ0) is 18.9. The monoisotopic (exact) mass is 379 g/mol. The van der Waals surface area contributed by atoms with Gasteiger partial charge >= 0.3 is 0 Å². The molecule has 8 heteroatoms. The smallest absolute Gasteiger partial charge is 0.191 e. The van der Waals surface area contributed by atoms with Crippen LogP contribution in [-0.2, 0) is 17.9 Å². The van der Waals surface area contributed by atoms with Gasteiger partial charge in [0.15, 0.2) is 16.7 Å². The van der Waals surface area contributed by atoms with Gasteiger partial charge in [-0.25, -0.2) is 0 Å². The number of aliphatic hydroxyl groups excluding tert-OH is 1. The molecule has 2 rings (SSSR count). The van der Waals surface area contributed by atoms with E-state index in [-0.39, 0.29) is 6.61 Å². The maximum absolute atomic E-state index is 10.1. The molecule has 1 unspecified atom stereocenters. The highest BCUT2D eigenvalue weighted by atomic mass is 32.2. The summed E-state index contributed by atoms with van der Waals surface area (Å²) in [6.07, 6.45) is 1.19. The van der Waals surface area contributed by atoms with Gasteiger partial charge in [-0.3, -0.25) is 0 Å². The number of aryl methyl sites for hydroxylation is 1. The zero-order valence-electron chi connectivity index (χ0n) is 15.3. The number of benzene rings is 1. The number of hydrogen-bond acceptors (Lipinski definition) is 7. The first-order valence-electron chi connectivity index (χ1n) is 8.19. The van der Waals surface area contributed by atoms with Crippen molar-refractivity contribution in [2.24, 2.45) is 0 Å². The summed E-state index contributed by atoms with van der Waals surface area (Å²) < 4.78 is 18.0. The molecule has 7 nitrogen and oxygen atoms in total. The standard InChI is InChI=1S/C18H25N3O4S/c1-5-8-21-13(2)19-20-18(21)26-12-15(22)11-25-10-14-6-7-16(23-3)17(9-14)24-4/h5-7,9,15,22H,1,8,10-12H2,2-4H3. The molecule has 0 amide bonds. The molecular weight excluding hydrogens is 354 g/mol. The highest BCUT2D eigenvalue weighted by Gasteiger charge is 2.12. The number of rotatable bonds is 11. The Labute approximate surface area is 158 Å². The zero-order valence-corrected chi connectivity index (χ0v) is 16.2. The van der Waals surface area contributed by atoms with Crippen LogP contribution in [0.4, 0.5) is 0 Å². The molecule has 2 aromatic rings. The van der Waals surface area contributed by atoms with Crippen LogP contribution < -0.4 is 9.47 Å². The summed E-state index contributed by atoms with van der Waals surface area (Å²) in [7, 11) is 3.19. The predicted molar refractivity (Wildman–Crippen MR) is 101 cm³/mol. The van der Waals surface area contributed by atoms with Gasteiger partial charge in [0, 0.05) is 12.3 Å². The van der Waals surface area contributed by atoms with Gasteiger partial charge in [-0.05, 0) is 24.6 Å². The Bertz CT molecular complexity index is 720. The molecule has 0 saturated heterocycles. The third kappa shape index (κ3) is 5.48. The Balaban J connectivity index is 1.79. The van der Waals surface area contributed by atoms with E-state index in [1.807, 2.05) is 29.7 Å². The third-order valence-corrected chi connectivity index (χ3v) is 4.76. The number of allylic oxidation sites excluding steroid dienone is 1. The number of thioether (sulfide) groups is 1. The van der Waals surface area contributed by atoms with Crippen LogP contribution in [0.5, 0.6) is 11.5 Å². The van der Waals surface area contributed by atoms with Gasteiger partial charge in [-0.15, -0.1) is 16.8 Å². The van der Waals surface area contributed by atoms with Gasteiger partial charge in [-0.2, -0.15) is 0 Å². The minimum Gasteiger partial charge on any atom is -0.493 e. The molecule has 0 spiro atoms. The fourth-order valence-electron chi connectivity index (χ4n) is 2.31. The summed E-state index contributed by atoms with van der Waals surface area (Å²) in [5.74, 6) is 2.63. The molecule has 0 bridgehead atoms. The average Bonchev–Trinajstić information content (AvgIpc) is 3.00. The van der Waals surface area contributed by atoms with Crippen LogP contribution in [0.2, 0.25) is 0 Å². The van der Waals surface area contributed by atoms with Gasteiger partial charge in [0.2, 0.25) is 0 Å². The first kappa shape index (κ1) is 20.3. The van der Waals surface area contributed by atoms with Crippen molar-refractivity contribution in [3.05, 3.63) is 42.2 Å². The van der Waals surface area contributed by atoms with Crippen LogP contribution in [0.3, 0.4) is 0 Å². The predicted octanol–water partition coefficient (Wildman–Crippen LogP) is 2.46. The number of ether oxygens (including phenoxy) is 3. The molecule has 1 N–H and O–H groups in total. The maximum atomic E-state index is 10.1. The molecule has 0 radical (unpaired) electrons. The van der Waals surface area contributed by atoms with Gasteiger partial charge in [0.1, 0.15) is 5.82 Å². The van der Waals surface area contributed by atoms with Crippen molar-refractivity contribution < 1.29 is 19.3 Å². The lowest BCUT2D eigenvalue weighted by Crippen LogP contribution is -2.18. The molecule has 26 heavy (non-hydrogen) atoms. The Morgan fingerprint density at radius 3 is 2.73 bits per heavy atom. The van der Waals surface area contributed by atoms with Crippen molar-refractivity contribution in [3.8, 4) is 11.5 Å². The maximum Gasteiger partial charge on any atom is 0.191 e. The lowest BCUT2D eigenvalue weighted by molar-refractivity contribution is 0.0397. The van der Waals surface area contributed by atoms with Crippen LogP contribution in [0.1, 0.15) is 11.4 Å². The first-order chi connectivity index (χ1) is 12.6. The first-order valence-corrected chi connectivity index (χ1v) is 9.17. The van der Waals surface area contributed by atoms with Crippen LogP contribution in [0, 0.1) is 6.92 Å². The van der Waals surface area contributed by atoms with E-state index in [9.17, 15) is 5.11 Å². The van der Waals surface area contributed by atoms with Crippen LogP contribution in [0.25, 0.3) is 0 Å². The van der Waals surface area contributed by atoms with E-state index < -0.39 is 6.10 Å². The third-order valence-electron chi connectivity index (χ3n) is 3.65. The number of nitrogens with zero attached hydrogens (tertiary/aromatic N) is 3. The summed E-state index contributed by atoms with van der Waals surface area (Å²) in [4.78, 5) is 0. The summed E-state index contributed by atoms with van der Waals surface area (Å²) >= 11 is 1.45. The van der Waals surface area contributed by atoms with Gasteiger partial charge in [-0.1, -0.05) is 23.9 Å². The van der Waals surface area contributed by atoms with Crippen molar-refractivity contribution in [1.29, 1.82) is 0 Å². The second-order valence-corrected chi connectivity index (χ2v) is 6.59. The summed E-state index contributed by atoms with van der Waals surface area (Å²) in [5, 5.41) is 19.1. The number of aliphatic hydroxyl groups is 1. The molecule has 1 aromatic heterocycles. The molecule has 1 atom stereocenters. The molecule has 1 heterocycles. The molecule has 1 aromatic carbocycles. The van der Waals surface area contributed by atoms with Gasteiger partial charge in [0.05, 0.1) is 33.5 Å². The Morgan fingerprint density at radius 1 is 1.27 bits per heavy atom. The minimum absolute atomic E-state index is 0.232. The second-order valence-electron chi connectivity index (χ2n) is 5.60. The normalized spacial score (nSPS) is 12.0. The van der Waals surface area contributed by atoms with Crippen molar-refractivity contribution in [2.45, 2.75) is 31.3 Å². The van der Waals surface area contributed by atoms with Crippen molar-refractivity contribution in [1.82, 2.24) is 14.8 Å². The number of hydrogen-bond donors (Lipinski definition) is 1. The fraction of sp³-hybridized carbons (Fsp3) is 0.444. The van der Waals surface area contributed by atoms with Crippen molar-refractivity contribution >= 4 is 11.8 Å². The van der Waals surface area contributed by atoms with Crippen LogP contribution >= 0.6 is 11.8 Å². The van der Waals surface area contributed by atoms with Gasteiger partial charge < -0.3 is 23.9 Å². The molecule has 0 fully saturated rings. The Morgan fingerprint density at radius 2 is 2.04 bits per heavy atom. The molecule has 0 aliphatic rings. The quantitative estimate of drug-likeness (QED) is 0.474. The number of aromatic nitrogens is 3. The van der Waals surface area contributed by atoms with E-state index in [0.717, 1.165) is 16.5 Å². The molecule has 0 aliphatic heterocycles. The Hall–Kier alpha value is -2.03. The average molecular weight is 379 g/mol. The summed E-state index contributed by atoms with van der Waals surface area (Å²) in [5.41, 5.74) is 0.948. The van der Waals surface area contributed by atoms with E-state index in [4.69, 9.17) is 14.2 Å². The van der Waals surface area contributed by atoms with Crippen molar-refractivity contribution in [3.63, 3.8) is 0 Å². The fourth-order valence-corrected chi connectivity index (χ4v) is 3.21. The van der Waals surface area contributed by atoms with Crippen molar-refractivity contribution in [2.75, 3.05) is 26.6 Å². The van der Waals surface area contributed by atoms with E-state index >= 15 is 0 Å². The summed E-state index contributed by atoms with van der Waals surface area (Å²) in [6.45, 7) is 6.89. The number of methoxy groups -OCH3 is 2. The van der Waals surface area contributed by atoms with Crippen LogP contribution in [-0.4, -0.2) is 52.6 Å². The Kier molecular flexibility index (Phi) is 7.96. The lowest BCUT2D eigenvalue weighted by Gasteiger charge is -2.13. The SMILES string of the molecule is C=CCn1c(C)nnc1SCC(O)COCc1ccc(OC)c(OC)c1. The minimum atomic E-state index is -0.602. The topological polar surface area (TPSA) is 78.6 Å². The molecule has 0 saturated carbocycles. The van der Waals surface area contributed by atoms with E-state index in [1.165, 1.54) is 11.8 Å². The molecule has 142 valence electrons. The van der Waals surface area contributed by atoms with Crippen LogP contribution in [0.15, 0.2) is 36.0 Å². The van der Waals surface area contributed by atoms with E-state index in [2.05, 4.69) is 16.8 Å². The second kappa shape index (κ2) is 10.2. The summed E-state index contributed by atoms with van der Waals surface area (Å²) in [6, 6.07) is 5.60.